The Hall–Kier alpha value is -0.570. The molecular weight excluding hydrogens is 178 g/mol. The molecule has 0 spiro atoms. The number of carboxylic acid groups (broad SMARTS) is 1. The Morgan fingerprint density at radius 3 is 2.50 bits per heavy atom. The molecule has 0 saturated heterocycles. The van der Waals surface area contributed by atoms with E-state index in [1.165, 1.54) is 0 Å². The summed E-state index contributed by atoms with van der Waals surface area (Å²) in [5, 5.41) is 12.3. The van der Waals surface area contributed by atoms with Gasteiger partial charge in [0.15, 0.2) is 0 Å². The first-order chi connectivity index (χ1) is 6.69. The molecule has 3 heteroatoms. The minimum Gasteiger partial charge on any atom is -0.480 e. The third kappa shape index (κ3) is 3.29. The molecule has 2 atom stereocenters. The highest BCUT2D eigenvalue weighted by Gasteiger charge is 2.36. The molecule has 0 aliphatic heterocycles. The maximum atomic E-state index is 11.0. The molecule has 0 radical (unpaired) electrons. The van der Waals surface area contributed by atoms with Crippen molar-refractivity contribution in [3.63, 3.8) is 0 Å². The van der Waals surface area contributed by atoms with Crippen molar-refractivity contribution in [2.45, 2.75) is 58.0 Å². The Balaban J connectivity index is 2.39. The summed E-state index contributed by atoms with van der Waals surface area (Å²) in [6.07, 6.45) is 5.36. The molecular formula is C11H21NO2. The lowest BCUT2D eigenvalue weighted by molar-refractivity contribution is -0.140. The van der Waals surface area contributed by atoms with Gasteiger partial charge in [-0.05, 0) is 31.6 Å². The summed E-state index contributed by atoms with van der Waals surface area (Å²) in [7, 11) is 0. The van der Waals surface area contributed by atoms with E-state index in [1.54, 1.807) is 0 Å². The first-order valence-corrected chi connectivity index (χ1v) is 5.67. The minimum atomic E-state index is -0.679. The van der Waals surface area contributed by atoms with Crippen molar-refractivity contribution in [3.05, 3.63) is 0 Å². The number of nitrogens with one attached hydrogen (secondary N) is 1. The summed E-state index contributed by atoms with van der Waals surface area (Å²) >= 11 is 0. The quantitative estimate of drug-likeness (QED) is 0.659. The summed E-state index contributed by atoms with van der Waals surface area (Å²) in [4.78, 5) is 11.0. The fraction of sp³-hybridized carbons (Fsp3) is 0.909. The second-order valence-electron chi connectivity index (χ2n) is 4.21. The van der Waals surface area contributed by atoms with Crippen molar-refractivity contribution < 1.29 is 9.90 Å². The molecule has 3 nitrogen and oxygen atoms in total. The molecule has 1 saturated carbocycles. The normalized spacial score (nSPS) is 20.4. The number of aliphatic carboxylic acids is 1. The smallest absolute Gasteiger partial charge is 0.320 e. The fourth-order valence-corrected chi connectivity index (χ4v) is 1.85. The average Bonchev–Trinajstić information content (AvgIpc) is 2.94. The van der Waals surface area contributed by atoms with Gasteiger partial charge in [0.25, 0.3) is 0 Å². The van der Waals surface area contributed by atoms with E-state index < -0.39 is 5.97 Å². The van der Waals surface area contributed by atoms with Crippen molar-refractivity contribution in [1.82, 2.24) is 5.32 Å². The minimum absolute atomic E-state index is 0.300. The number of carboxylic acids is 1. The van der Waals surface area contributed by atoms with E-state index in [0.717, 1.165) is 32.1 Å². The highest BCUT2D eigenvalue weighted by molar-refractivity contribution is 5.74. The molecule has 1 rings (SSSR count). The number of rotatable bonds is 7. The second kappa shape index (κ2) is 5.35. The van der Waals surface area contributed by atoms with Crippen molar-refractivity contribution in [3.8, 4) is 0 Å². The monoisotopic (exact) mass is 199 g/mol. The van der Waals surface area contributed by atoms with Crippen LogP contribution in [0.25, 0.3) is 0 Å². The van der Waals surface area contributed by atoms with Crippen LogP contribution in [0.1, 0.15) is 46.0 Å². The van der Waals surface area contributed by atoms with E-state index in [-0.39, 0.29) is 6.04 Å². The molecule has 1 fully saturated rings. The van der Waals surface area contributed by atoms with Crippen LogP contribution in [0.3, 0.4) is 0 Å². The highest BCUT2D eigenvalue weighted by atomic mass is 16.4. The van der Waals surface area contributed by atoms with Crippen molar-refractivity contribution in [1.29, 1.82) is 0 Å². The first kappa shape index (κ1) is 11.5. The molecule has 2 N–H and O–H groups in total. The van der Waals surface area contributed by atoms with E-state index in [2.05, 4.69) is 19.2 Å². The molecule has 1 aliphatic carbocycles. The van der Waals surface area contributed by atoms with Crippen LogP contribution >= 0.6 is 0 Å². The van der Waals surface area contributed by atoms with Gasteiger partial charge in [0, 0.05) is 6.04 Å². The van der Waals surface area contributed by atoms with Crippen LogP contribution in [0, 0.1) is 5.92 Å². The second-order valence-corrected chi connectivity index (χ2v) is 4.21. The molecule has 0 aromatic heterocycles. The largest absolute Gasteiger partial charge is 0.480 e. The maximum absolute atomic E-state index is 11.0. The lowest BCUT2D eigenvalue weighted by Crippen LogP contribution is -2.44. The van der Waals surface area contributed by atoms with Gasteiger partial charge >= 0.3 is 5.97 Å². The Morgan fingerprint density at radius 2 is 2.14 bits per heavy atom. The summed E-state index contributed by atoms with van der Waals surface area (Å²) in [6, 6.07) is 0.0770. The van der Waals surface area contributed by atoms with Crippen molar-refractivity contribution in [2.24, 2.45) is 5.92 Å². The Morgan fingerprint density at radius 1 is 1.50 bits per heavy atom. The number of carbonyl (C=O) groups is 1. The molecule has 14 heavy (non-hydrogen) atoms. The van der Waals surface area contributed by atoms with Gasteiger partial charge in [0.2, 0.25) is 0 Å². The Kier molecular flexibility index (Phi) is 4.39. The lowest BCUT2D eigenvalue weighted by Gasteiger charge is -2.21. The molecule has 0 aromatic rings. The van der Waals surface area contributed by atoms with Gasteiger partial charge < -0.3 is 10.4 Å². The summed E-state index contributed by atoms with van der Waals surface area (Å²) in [5.41, 5.74) is 0. The number of hydrogen-bond acceptors (Lipinski definition) is 2. The predicted molar refractivity (Wildman–Crippen MR) is 56.3 cm³/mol. The zero-order valence-corrected chi connectivity index (χ0v) is 9.12. The van der Waals surface area contributed by atoms with Crippen molar-refractivity contribution in [2.75, 3.05) is 0 Å². The summed E-state index contributed by atoms with van der Waals surface area (Å²) in [6.45, 7) is 4.25. The van der Waals surface area contributed by atoms with E-state index in [9.17, 15) is 4.79 Å². The van der Waals surface area contributed by atoms with E-state index >= 15 is 0 Å². The fourth-order valence-electron chi connectivity index (χ4n) is 1.85. The van der Waals surface area contributed by atoms with E-state index in [0.29, 0.717) is 12.0 Å². The van der Waals surface area contributed by atoms with Crippen LogP contribution in [-0.4, -0.2) is 23.2 Å². The summed E-state index contributed by atoms with van der Waals surface area (Å²) in [5.74, 6) is -0.291. The predicted octanol–water partition coefficient (Wildman–Crippen LogP) is 2.02. The van der Waals surface area contributed by atoms with Crippen LogP contribution < -0.4 is 5.32 Å². The highest BCUT2D eigenvalue weighted by Crippen LogP contribution is 2.33. The van der Waals surface area contributed by atoms with Crippen LogP contribution in [0.15, 0.2) is 0 Å². The summed E-state index contributed by atoms with van der Waals surface area (Å²) < 4.78 is 0. The zero-order valence-electron chi connectivity index (χ0n) is 9.12. The molecule has 0 amide bonds. The molecule has 1 aliphatic rings. The van der Waals surface area contributed by atoms with Gasteiger partial charge in [-0.15, -0.1) is 0 Å². The topological polar surface area (TPSA) is 49.3 Å². The van der Waals surface area contributed by atoms with E-state index in [1.807, 2.05) is 0 Å². The van der Waals surface area contributed by atoms with E-state index in [4.69, 9.17) is 5.11 Å². The van der Waals surface area contributed by atoms with Crippen LogP contribution in [0.5, 0.6) is 0 Å². The van der Waals surface area contributed by atoms with Gasteiger partial charge in [0.1, 0.15) is 6.04 Å². The third-order valence-corrected chi connectivity index (χ3v) is 2.90. The van der Waals surface area contributed by atoms with Gasteiger partial charge in [-0.3, -0.25) is 4.79 Å². The van der Waals surface area contributed by atoms with Gasteiger partial charge in [-0.1, -0.05) is 20.3 Å². The first-order valence-electron chi connectivity index (χ1n) is 5.67. The molecule has 2 unspecified atom stereocenters. The van der Waals surface area contributed by atoms with Gasteiger partial charge in [-0.25, -0.2) is 0 Å². The molecule has 82 valence electrons. The van der Waals surface area contributed by atoms with Crippen LogP contribution in [0.2, 0.25) is 0 Å². The average molecular weight is 199 g/mol. The zero-order chi connectivity index (χ0) is 10.6. The Bertz CT molecular complexity index is 190. The molecule has 0 bridgehead atoms. The van der Waals surface area contributed by atoms with Crippen molar-refractivity contribution >= 4 is 5.97 Å². The Labute approximate surface area is 85.9 Å². The van der Waals surface area contributed by atoms with Gasteiger partial charge in [-0.2, -0.15) is 0 Å². The maximum Gasteiger partial charge on any atom is 0.320 e. The van der Waals surface area contributed by atoms with Crippen LogP contribution in [0.4, 0.5) is 0 Å². The molecule has 0 aromatic carbocycles. The molecule has 0 heterocycles. The third-order valence-electron chi connectivity index (χ3n) is 2.90. The lowest BCUT2D eigenvalue weighted by atomic mass is 10.1. The van der Waals surface area contributed by atoms with Crippen LogP contribution in [-0.2, 0) is 4.79 Å². The SMILES string of the molecule is CCCC(CC)NC(C(=O)O)C1CC1. The standard InChI is InChI=1S/C11H21NO2/c1-3-5-9(4-2)12-10(11(13)14)8-6-7-8/h8-10,12H,3-7H2,1-2H3,(H,13,14). The van der Waals surface area contributed by atoms with Gasteiger partial charge in [0.05, 0.1) is 0 Å². The number of hydrogen-bond donors (Lipinski definition) is 2.